The van der Waals surface area contributed by atoms with Gasteiger partial charge in [-0.05, 0) is 48.6 Å². The molecule has 3 aliphatic rings. The Labute approximate surface area is 295 Å². The first-order valence-corrected chi connectivity index (χ1v) is 17.7. The number of piperazine rings is 1. The number of ether oxygens (including phenoxy) is 1. The van der Waals surface area contributed by atoms with E-state index in [2.05, 4.69) is 61.1 Å². The molecule has 0 saturated carbocycles. The molecule has 262 valence electrons. The first-order valence-electron chi connectivity index (χ1n) is 17.7. The molecule has 8 rings (SSSR count). The highest BCUT2D eigenvalue weighted by Gasteiger charge is 2.30. The van der Waals surface area contributed by atoms with Crippen LogP contribution in [0.4, 0.5) is 5.82 Å². The van der Waals surface area contributed by atoms with Crippen LogP contribution in [0.5, 0.6) is 0 Å². The fourth-order valence-electron chi connectivity index (χ4n) is 7.50. The molecule has 0 unspecified atom stereocenters. The van der Waals surface area contributed by atoms with Gasteiger partial charge in [-0.1, -0.05) is 18.2 Å². The molecule has 0 atom stereocenters. The van der Waals surface area contributed by atoms with E-state index in [1.165, 1.54) is 11.8 Å². The molecule has 5 aromatic rings. The molecule has 7 heterocycles. The topological polar surface area (TPSA) is 143 Å². The van der Waals surface area contributed by atoms with Gasteiger partial charge < -0.3 is 19.6 Å². The smallest absolute Gasteiger partial charge is 0.356 e. The van der Waals surface area contributed by atoms with Gasteiger partial charge in [-0.2, -0.15) is 5.10 Å². The first kappa shape index (κ1) is 32.9. The Bertz CT molecular complexity index is 2050. The molecular weight excluding hydrogens is 646 g/mol. The number of benzene rings is 1. The molecule has 4 aromatic heterocycles. The van der Waals surface area contributed by atoms with Crippen molar-refractivity contribution in [3.8, 4) is 22.5 Å². The summed E-state index contributed by atoms with van der Waals surface area (Å²) in [5.74, 6) is -0.278. The van der Waals surface area contributed by atoms with Crippen LogP contribution in [0.25, 0.3) is 33.3 Å². The maximum Gasteiger partial charge on any atom is 0.356 e. The highest BCUT2D eigenvalue weighted by molar-refractivity contribution is 5.97. The van der Waals surface area contributed by atoms with Crippen molar-refractivity contribution in [1.82, 2.24) is 39.7 Å². The SMILES string of the molecule is CC(=O)N1CCc2c(c(-c3cccc4cc(-c5ccc(CCN6CCN(c7ccc(C(=O)O)nn7)CC6)nc5)ncc34)nn2C2CCOCC2)C1. The summed E-state index contributed by atoms with van der Waals surface area (Å²) < 4.78 is 7.89. The van der Waals surface area contributed by atoms with Crippen LogP contribution in [-0.4, -0.2) is 109 Å². The number of carbonyl (C=O) groups excluding carboxylic acids is 1. The average Bonchev–Trinajstić information content (AvgIpc) is 3.56. The van der Waals surface area contributed by atoms with Crippen molar-refractivity contribution < 1.29 is 19.4 Å². The van der Waals surface area contributed by atoms with Gasteiger partial charge in [0, 0.05) is 125 Å². The van der Waals surface area contributed by atoms with Gasteiger partial charge in [0.2, 0.25) is 5.91 Å². The number of anilines is 1. The summed E-state index contributed by atoms with van der Waals surface area (Å²) in [5.41, 5.74) is 7.18. The number of hydrogen-bond donors (Lipinski definition) is 1. The number of fused-ring (bicyclic) bond motifs is 2. The molecule has 1 N–H and O–H groups in total. The van der Waals surface area contributed by atoms with E-state index < -0.39 is 5.97 Å². The lowest BCUT2D eigenvalue weighted by Gasteiger charge is -2.35. The summed E-state index contributed by atoms with van der Waals surface area (Å²) in [6.07, 6.45) is 7.39. The fraction of sp³-hybridized carbons (Fsp3) is 0.395. The van der Waals surface area contributed by atoms with Crippen molar-refractivity contribution in [2.75, 3.05) is 57.4 Å². The molecule has 3 aliphatic heterocycles. The van der Waals surface area contributed by atoms with Crippen LogP contribution in [0, 0.1) is 0 Å². The van der Waals surface area contributed by atoms with Gasteiger partial charge >= 0.3 is 5.97 Å². The standard InChI is InChI=1S/C38H41N9O4/c1-25(48)46-14-10-35-32(24-46)37(43-47(35)29-11-19-51-20-12-29)30-4-2-3-26-21-34(40-23-31(26)30)27-5-6-28(39-22-27)9-13-44-15-17-45(18-16-44)36-8-7-33(38(49)50)41-42-36/h2-8,21-23,29H,9-20,24H2,1H3,(H,49,50). The molecule has 13 nitrogen and oxygen atoms in total. The second kappa shape index (κ2) is 14.2. The van der Waals surface area contributed by atoms with Crippen molar-refractivity contribution in [2.24, 2.45) is 0 Å². The van der Waals surface area contributed by atoms with Crippen LogP contribution in [0.15, 0.2) is 60.9 Å². The second-order valence-corrected chi connectivity index (χ2v) is 13.5. The van der Waals surface area contributed by atoms with Crippen LogP contribution in [0.3, 0.4) is 0 Å². The Balaban J connectivity index is 0.956. The number of rotatable bonds is 8. The molecule has 51 heavy (non-hydrogen) atoms. The summed E-state index contributed by atoms with van der Waals surface area (Å²) in [5, 5.41) is 24.3. The minimum absolute atomic E-state index is 0.0474. The quantitative estimate of drug-likeness (QED) is 0.250. The van der Waals surface area contributed by atoms with Gasteiger partial charge in [-0.3, -0.25) is 24.3 Å². The predicted octanol–water partition coefficient (Wildman–Crippen LogP) is 4.27. The Morgan fingerprint density at radius 3 is 2.51 bits per heavy atom. The van der Waals surface area contributed by atoms with Crippen molar-refractivity contribution in [1.29, 1.82) is 0 Å². The largest absolute Gasteiger partial charge is 0.476 e. The first-order chi connectivity index (χ1) is 24.9. The van der Waals surface area contributed by atoms with Gasteiger partial charge in [0.05, 0.1) is 17.4 Å². The zero-order chi connectivity index (χ0) is 34.9. The van der Waals surface area contributed by atoms with Gasteiger partial charge in [-0.25, -0.2) is 4.79 Å². The lowest BCUT2D eigenvalue weighted by atomic mass is 9.96. The summed E-state index contributed by atoms with van der Waals surface area (Å²) in [6, 6.07) is 16.2. The molecule has 1 amide bonds. The van der Waals surface area contributed by atoms with E-state index in [9.17, 15) is 9.59 Å². The number of carboxylic acids is 1. The van der Waals surface area contributed by atoms with E-state index in [0.29, 0.717) is 24.9 Å². The van der Waals surface area contributed by atoms with Crippen molar-refractivity contribution in [3.63, 3.8) is 0 Å². The highest BCUT2D eigenvalue weighted by Crippen LogP contribution is 2.37. The Hall–Kier alpha value is -5.27. The van der Waals surface area contributed by atoms with Crippen molar-refractivity contribution in [3.05, 3.63) is 83.6 Å². The molecular formula is C38H41N9O4. The molecule has 2 saturated heterocycles. The second-order valence-electron chi connectivity index (χ2n) is 13.5. The van der Waals surface area contributed by atoms with Crippen LogP contribution in [0.1, 0.15) is 53.2 Å². The Morgan fingerprint density at radius 1 is 0.941 bits per heavy atom. The lowest BCUT2D eigenvalue weighted by Crippen LogP contribution is -2.47. The average molecular weight is 688 g/mol. The minimum atomic E-state index is -1.07. The van der Waals surface area contributed by atoms with Gasteiger partial charge in [-0.15, -0.1) is 10.2 Å². The van der Waals surface area contributed by atoms with E-state index >= 15 is 0 Å². The van der Waals surface area contributed by atoms with E-state index in [-0.39, 0.29) is 11.6 Å². The summed E-state index contributed by atoms with van der Waals surface area (Å²) in [7, 11) is 0. The summed E-state index contributed by atoms with van der Waals surface area (Å²) in [4.78, 5) is 39.6. The molecule has 0 bridgehead atoms. The Morgan fingerprint density at radius 2 is 1.78 bits per heavy atom. The molecule has 2 fully saturated rings. The number of aromatic carboxylic acids is 1. The number of carbonyl (C=O) groups is 2. The molecule has 13 heteroatoms. The van der Waals surface area contributed by atoms with Crippen LogP contribution in [0.2, 0.25) is 0 Å². The van der Waals surface area contributed by atoms with Gasteiger partial charge in [0.15, 0.2) is 11.5 Å². The Kier molecular flexibility index (Phi) is 9.13. The van der Waals surface area contributed by atoms with E-state index in [1.54, 1.807) is 13.0 Å². The minimum Gasteiger partial charge on any atom is -0.476 e. The number of nitrogens with zero attached hydrogens (tertiary/aromatic N) is 9. The fourth-order valence-corrected chi connectivity index (χ4v) is 7.50. The summed E-state index contributed by atoms with van der Waals surface area (Å²) >= 11 is 0. The molecule has 0 spiro atoms. The third-order valence-corrected chi connectivity index (χ3v) is 10.5. The molecule has 0 radical (unpaired) electrons. The van der Waals surface area contributed by atoms with E-state index in [4.69, 9.17) is 24.9 Å². The number of pyridine rings is 2. The zero-order valence-corrected chi connectivity index (χ0v) is 28.7. The van der Waals surface area contributed by atoms with Crippen molar-refractivity contribution in [2.45, 2.75) is 45.2 Å². The number of amides is 1. The van der Waals surface area contributed by atoms with Gasteiger partial charge in [0.1, 0.15) is 0 Å². The number of carboxylic acid groups (broad SMARTS) is 1. The number of hydrogen-bond acceptors (Lipinski definition) is 10. The van der Waals surface area contributed by atoms with Crippen LogP contribution >= 0.6 is 0 Å². The van der Waals surface area contributed by atoms with E-state index in [1.807, 2.05) is 17.3 Å². The maximum absolute atomic E-state index is 12.4. The van der Waals surface area contributed by atoms with Crippen molar-refractivity contribution >= 4 is 28.5 Å². The third-order valence-electron chi connectivity index (χ3n) is 10.5. The molecule has 1 aromatic carbocycles. The monoisotopic (exact) mass is 687 g/mol. The summed E-state index contributed by atoms with van der Waals surface area (Å²) in [6.45, 7) is 8.70. The maximum atomic E-state index is 12.4. The van der Waals surface area contributed by atoms with Crippen LogP contribution < -0.4 is 4.90 Å². The lowest BCUT2D eigenvalue weighted by molar-refractivity contribution is -0.129. The van der Waals surface area contributed by atoms with Crippen LogP contribution in [-0.2, 0) is 28.9 Å². The van der Waals surface area contributed by atoms with Gasteiger partial charge in [0.25, 0.3) is 0 Å². The highest BCUT2D eigenvalue weighted by atomic mass is 16.5. The zero-order valence-electron chi connectivity index (χ0n) is 28.7. The normalized spacial score (nSPS) is 17.1. The predicted molar refractivity (Wildman–Crippen MR) is 191 cm³/mol. The molecule has 0 aliphatic carbocycles. The third kappa shape index (κ3) is 6.78. The number of aromatic nitrogens is 6. The van der Waals surface area contributed by atoms with E-state index in [0.717, 1.165) is 116 Å².